The Morgan fingerprint density at radius 3 is 1.86 bits per heavy atom. The normalized spacial score (nSPS) is 9.59. The third-order valence-electron chi connectivity index (χ3n) is 2.51. The first kappa shape index (κ1) is 27.7. The van der Waals surface area contributed by atoms with E-state index in [1.807, 2.05) is 30.3 Å². The fourth-order valence-electron chi connectivity index (χ4n) is 1.59. The summed E-state index contributed by atoms with van der Waals surface area (Å²) >= 11 is 0. The molecule has 1 rings (SSSR count). The second-order valence-corrected chi connectivity index (χ2v) is 5.15. The second kappa shape index (κ2) is 18.2. The molecule has 5 nitrogen and oxygen atoms in total. The molecule has 0 aliphatic rings. The SMILES string of the molecule is CCCCCCCCOc1ccccc1.O=S(=O)([O-])[O-].[Na+].[Na+]. The molecule has 1 aromatic rings. The van der Waals surface area contributed by atoms with Crippen LogP contribution >= 0.6 is 0 Å². The molecule has 0 amide bonds. The molecule has 0 N–H and O–H groups in total. The number of rotatable bonds is 8. The maximum atomic E-state index is 8.52. The van der Waals surface area contributed by atoms with Gasteiger partial charge in [-0.3, -0.25) is 8.42 Å². The van der Waals surface area contributed by atoms with Crippen LogP contribution in [-0.2, 0) is 10.4 Å². The van der Waals surface area contributed by atoms with Gasteiger partial charge in [-0.1, -0.05) is 57.2 Å². The van der Waals surface area contributed by atoms with E-state index in [4.69, 9.17) is 22.3 Å². The van der Waals surface area contributed by atoms with E-state index in [1.54, 1.807) is 0 Å². The van der Waals surface area contributed by atoms with Gasteiger partial charge in [0.1, 0.15) is 5.75 Å². The molecular weight excluding hydrogens is 326 g/mol. The molecule has 116 valence electrons. The van der Waals surface area contributed by atoms with Crippen molar-refractivity contribution in [2.45, 2.75) is 45.4 Å². The molecule has 0 unspecified atom stereocenters. The molecule has 0 aliphatic carbocycles. The van der Waals surface area contributed by atoms with Gasteiger partial charge in [0.15, 0.2) is 0 Å². The summed E-state index contributed by atoms with van der Waals surface area (Å²) < 4.78 is 39.7. The van der Waals surface area contributed by atoms with Crippen molar-refractivity contribution in [1.82, 2.24) is 0 Å². The Kier molecular flexibility index (Phi) is 23.0. The van der Waals surface area contributed by atoms with Gasteiger partial charge < -0.3 is 13.8 Å². The van der Waals surface area contributed by atoms with Gasteiger partial charge in [-0.25, -0.2) is 0 Å². The predicted octanol–water partition coefficient (Wildman–Crippen LogP) is -2.90. The molecule has 8 heteroatoms. The first-order valence-electron chi connectivity index (χ1n) is 6.78. The Bertz CT molecular complexity index is 418. The number of para-hydroxylation sites is 1. The topological polar surface area (TPSA) is 89.5 Å². The standard InChI is InChI=1S/C14H22O.2Na.H2O4S/c1-2-3-4-5-6-10-13-15-14-11-8-7-9-12-14;;;1-5(2,3)4/h7-9,11-12H,2-6,10,13H2,1H3;;;(H2,1,2,3,4)/q;2*+1;/p-2. The summed E-state index contributed by atoms with van der Waals surface area (Å²) in [5.41, 5.74) is 0. The Labute approximate surface area is 178 Å². The minimum absolute atomic E-state index is 0. The van der Waals surface area contributed by atoms with Crippen molar-refractivity contribution >= 4 is 10.4 Å². The van der Waals surface area contributed by atoms with Crippen LogP contribution in [0.4, 0.5) is 0 Å². The van der Waals surface area contributed by atoms with Crippen LogP contribution in [-0.4, -0.2) is 24.1 Å². The van der Waals surface area contributed by atoms with E-state index in [9.17, 15) is 0 Å². The minimum atomic E-state index is -5.17. The number of hydrogen-bond donors (Lipinski definition) is 0. The van der Waals surface area contributed by atoms with Crippen molar-refractivity contribution < 1.29 is 81.4 Å². The van der Waals surface area contributed by atoms with Gasteiger partial charge in [0, 0.05) is 10.4 Å². The summed E-state index contributed by atoms with van der Waals surface area (Å²) in [6.07, 6.45) is 7.90. The van der Waals surface area contributed by atoms with Gasteiger partial charge in [-0.05, 0) is 18.6 Å². The third kappa shape index (κ3) is 25.8. The van der Waals surface area contributed by atoms with E-state index in [-0.39, 0.29) is 59.1 Å². The second-order valence-electron chi connectivity index (χ2n) is 4.34. The molecule has 0 saturated carbocycles. The van der Waals surface area contributed by atoms with Crippen LogP contribution in [0.15, 0.2) is 30.3 Å². The fraction of sp³-hybridized carbons (Fsp3) is 0.571. The van der Waals surface area contributed by atoms with Crippen LogP contribution in [0.1, 0.15) is 45.4 Å². The number of ether oxygens (including phenoxy) is 1. The average Bonchev–Trinajstić information content (AvgIpc) is 2.37. The van der Waals surface area contributed by atoms with Gasteiger partial charge >= 0.3 is 59.1 Å². The summed E-state index contributed by atoms with van der Waals surface area (Å²) in [5, 5.41) is 0. The molecule has 0 fully saturated rings. The largest absolute Gasteiger partial charge is 1.00 e. The molecule has 0 spiro atoms. The van der Waals surface area contributed by atoms with Crippen LogP contribution in [0.25, 0.3) is 0 Å². The number of benzene rings is 1. The van der Waals surface area contributed by atoms with Crippen molar-refractivity contribution in [1.29, 1.82) is 0 Å². The van der Waals surface area contributed by atoms with E-state index in [2.05, 4.69) is 6.92 Å². The van der Waals surface area contributed by atoms with E-state index in [0.717, 1.165) is 12.4 Å². The summed E-state index contributed by atoms with van der Waals surface area (Å²) in [6, 6.07) is 10.1. The summed E-state index contributed by atoms with van der Waals surface area (Å²) in [4.78, 5) is 0. The van der Waals surface area contributed by atoms with Crippen LogP contribution < -0.4 is 63.9 Å². The predicted molar refractivity (Wildman–Crippen MR) is 75.8 cm³/mol. The number of unbranched alkanes of at least 4 members (excludes halogenated alkanes) is 5. The van der Waals surface area contributed by atoms with Crippen molar-refractivity contribution in [3.05, 3.63) is 30.3 Å². The van der Waals surface area contributed by atoms with Crippen molar-refractivity contribution in [3.8, 4) is 5.75 Å². The fourth-order valence-corrected chi connectivity index (χ4v) is 1.59. The average molecular weight is 348 g/mol. The van der Waals surface area contributed by atoms with Crippen molar-refractivity contribution in [2.75, 3.05) is 6.61 Å². The molecule has 0 atom stereocenters. The zero-order chi connectivity index (χ0) is 15.3. The summed E-state index contributed by atoms with van der Waals surface area (Å²) in [7, 11) is -5.17. The molecule has 0 heterocycles. The van der Waals surface area contributed by atoms with Gasteiger partial charge in [-0.2, -0.15) is 0 Å². The van der Waals surface area contributed by atoms with Gasteiger partial charge in [0.05, 0.1) is 6.61 Å². The monoisotopic (exact) mass is 348 g/mol. The molecule has 0 aromatic heterocycles. The minimum Gasteiger partial charge on any atom is -0.759 e. The zero-order valence-electron chi connectivity index (χ0n) is 13.8. The van der Waals surface area contributed by atoms with E-state index >= 15 is 0 Å². The van der Waals surface area contributed by atoms with E-state index in [0.29, 0.717) is 0 Å². The van der Waals surface area contributed by atoms with Crippen LogP contribution in [0.5, 0.6) is 5.75 Å². The zero-order valence-corrected chi connectivity index (χ0v) is 18.6. The van der Waals surface area contributed by atoms with Gasteiger partial charge in [0.25, 0.3) is 0 Å². The molecule has 0 bridgehead atoms. The van der Waals surface area contributed by atoms with Crippen molar-refractivity contribution in [2.24, 2.45) is 0 Å². The number of hydrogen-bond acceptors (Lipinski definition) is 5. The maximum Gasteiger partial charge on any atom is 1.00 e. The molecule has 0 radical (unpaired) electrons. The van der Waals surface area contributed by atoms with Crippen molar-refractivity contribution in [3.63, 3.8) is 0 Å². The molecule has 0 saturated heterocycles. The third-order valence-corrected chi connectivity index (χ3v) is 2.51. The summed E-state index contributed by atoms with van der Waals surface area (Å²) in [5.74, 6) is 0.992. The first-order chi connectivity index (χ1) is 9.43. The van der Waals surface area contributed by atoms with Crippen LogP contribution in [0.2, 0.25) is 0 Å². The van der Waals surface area contributed by atoms with E-state index in [1.165, 1.54) is 38.5 Å². The Hall–Kier alpha value is 0.890. The quantitative estimate of drug-likeness (QED) is 0.218. The molecular formula is C14H22Na2O5S. The maximum absolute atomic E-state index is 8.52. The Morgan fingerprint density at radius 1 is 0.909 bits per heavy atom. The van der Waals surface area contributed by atoms with Crippen LogP contribution in [0.3, 0.4) is 0 Å². The Balaban J connectivity index is -0.000000452. The smallest absolute Gasteiger partial charge is 0.759 e. The first-order valence-corrected chi connectivity index (χ1v) is 8.11. The van der Waals surface area contributed by atoms with Gasteiger partial charge in [0.2, 0.25) is 0 Å². The van der Waals surface area contributed by atoms with Gasteiger partial charge in [-0.15, -0.1) is 0 Å². The molecule has 0 aliphatic heterocycles. The molecule has 22 heavy (non-hydrogen) atoms. The molecule has 1 aromatic carbocycles. The summed E-state index contributed by atoms with van der Waals surface area (Å²) in [6.45, 7) is 3.11. The Morgan fingerprint density at radius 2 is 1.36 bits per heavy atom. The van der Waals surface area contributed by atoms with E-state index < -0.39 is 10.4 Å². The van der Waals surface area contributed by atoms with Crippen LogP contribution in [0, 0.1) is 0 Å².